The zero-order chi connectivity index (χ0) is 15.4. The largest absolute Gasteiger partial charge is 0.462 e. The van der Waals surface area contributed by atoms with Gasteiger partial charge in [-0.15, -0.1) is 0 Å². The Balaban J connectivity index is 2.33. The van der Waals surface area contributed by atoms with Crippen LogP contribution in [0.1, 0.15) is 17.3 Å². The molecule has 0 aliphatic heterocycles. The summed E-state index contributed by atoms with van der Waals surface area (Å²) in [7, 11) is 0. The first kappa shape index (κ1) is 14.7. The second-order valence-electron chi connectivity index (χ2n) is 4.10. The second-order valence-corrected chi connectivity index (χ2v) is 4.10. The zero-order valence-electron chi connectivity index (χ0n) is 11.2. The van der Waals surface area contributed by atoms with Gasteiger partial charge in [-0.25, -0.2) is 18.6 Å². The van der Waals surface area contributed by atoms with Crippen LogP contribution >= 0.6 is 0 Å². The third kappa shape index (κ3) is 3.25. The number of rotatable bonds is 4. The van der Waals surface area contributed by atoms with Crippen molar-refractivity contribution in [2.45, 2.75) is 6.92 Å². The monoisotopic (exact) mass is 293 g/mol. The maximum absolute atomic E-state index is 13.5. The highest BCUT2D eigenvalue weighted by Crippen LogP contribution is 2.24. The Labute approximate surface area is 119 Å². The Hall–Kier alpha value is -2.70. The van der Waals surface area contributed by atoms with E-state index in [-0.39, 0.29) is 29.4 Å². The fraction of sp³-hybridized carbons (Fsp3) is 0.143. The number of hydrogen-bond donors (Lipinski definition) is 2. The molecule has 0 amide bonds. The van der Waals surface area contributed by atoms with Crippen molar-refractivity contribution in [3.05, 3.63) is 47.7 Å². The van der Waals surface area contributed by atoms with E-state index >= 15 is 0 Å². The number of hydrogen-bond acceptors (Lipinski definition) is 5. The number of aromatic nitrogens is 1. The Morgan fingerprint density at radius 2 is 2.05 bits per heavy atom. The number of pyridine rings is 1. The molecule has 1 aromatic carbocycles. The number of para-hydroxylation sites is 1. The maximum Gasteiger partial charge on any atom is 0.340 e. The summed E-state index contributed by atoms with van der Waals surface area (Å²) in [5, 5.41) is 2.48. The van der Waals surface area contributed by atoms with Gasteiger partial charge < -0.3 is 15.8 Å². The van der Waals surface area contributed by atoms with Gasteiger partial charge in [-0.1, -0.05) is 6.07 Å². The summed E-state index contributed by atoms with van der Waals surface area (Å²) in [5.41, 5.74) is 5.47. The van der Waals surface area contributed by atoms with E-state index in [4.69, 9.17) is 10.5 Å². The molecule has 0 bridgehead atoms. The maximum atomic E-state index is 13.5. The third-order valence-corrected chi connectivity index (χ3v) is 2.65. The number of nitrogens with one attached hydrogen (secondary N) is 1. The van der Waals surface area contributed by atoms with Crippen LogP contribution in [-0.2, 0) is 4.74 Å². The quantitative estimate of drug-likeness (QED) is 0.848. The fourth-order valence-corrected chi connectivity index (χ4v) is 1.67. The lowest BCUT2D eigenvalue weighted by Gasteiger charge is -2.10. The summed E-state index contributed by atoms with van der Waals surface area (Å²) in [4.78, 5) is 15.6. The second kappa shape index (κ2) is 6.17. The number of nitrogens with two attached hydrogens (primary N) is 1. The van der Waals surface area contributed by atoms with Crippen LogP contribution in [0.3, 0.4) is 0 Å². The van der Waals surface area contributed by atoms with E-state index in [1.165, 1.54) is 18.3 Å². The molecule has 0 unspecified atom stereocenters. The van der Waals surface area contributed by atoms with Gasteiger partial charge in [-0.3, -0.25) is 0 Å². The van der Waals surface area contributed by atoms with Crippen molar-refractivity contribution in [2.75, 3.05) is 17.7 Å². The van der Waals surface area contributed by atoms with Crippen molar-refractivity contribution in [2.24, 2.45) is 0 Å². The van der Waals surface area contributed by atoms with Gasteiger partial charge in [0.1, 0.15) is 23.1 Å². The van der Waals surface area contributed by atoms with E-state index in [0.29, 0.717) is 0 Å². The van der Waals surface area contributed by atoms with Crippen molar-refractivity contribution < 1.29 is 18.3 Å². The molecule has 0 spiro atoms. The van der Waals surface area contributed by atoms with Gasteiger partial charge in [0.2, 0.25) is 0 Å². The molecule has 0 saturated carbocycles. The van der Waals surface area contributed by atoms with Crippen LogP contribution in [-0.4, -0.2) is 17.6 Å². The molecule has 0 aliphatic rings. The topological polar surface area (TPSA) is 77.2 Å². The molecule has 0 fully saturated rings. The molecule has 1 aromatic heterocycles. The fourth-order valence-electron chi connectivity index (χ4n) is 1.67. The van der Waals surface area contributed by atoms with Crippen LogP contribution in [0.25, 0.3) is 0 Å². The van der Waals surface area contributed by atoms with Crippen molar-refractivity contribution in [3.8, 4) is 0 Å². The number of nitrogen functional groups attached to an aromatic ring is 1. The van der Waals surface area contributed by atoms with Crippen LogP contribution in [0.4, 0.5) is 26.0 Å². The molecule has 21 heavy (non-hydrogen) atoms. The Morgan fingerprint density at radius 3 is 2.67 bits per heavy atom. The summed E-state index contributed by atoms with van der Waals surface area (Å²) >= 11 is 0. The van der Waals surface area contributed by atoms with E-state index in [2.05, 4.69) is 10.3 Å². The molecule has 5 nitrogen and oxygen atoms in total. The van der Waals surface area contributed by atoms with E-state index < -0.39 is 17.6 Å². The predicted octanol–water partition coefficient (Wildman–Crippen LogP) is 2.86. The van der Waals surface area contributed by atoms with Crippen molar-refractivity contribution in [1.82, 2.24) is 4.98 Å². The summed E-state index contributed by atoms with van der Waals surface area (Å²) in [6.07, 6.45) is 1.22. The molecule has 110 valence electrons. The van der Waals surface area contributed by atoms with Crippen molar-refractivity contribution in [3.63, 3.8) is 0 Å². The van der Waals surface area contributed by atoms with Crippen LogP contribution < -0.4 is 11.1 Å². The minimum Gasteiger partial charge on any atom is -0.462 e. The summed E-state index contributed by atoms with van der Waals surface area (Å²) in [6.45, 7) is 1.84. The highest BCUT2D eigenvalue weighted by Gasteiger charge is 2.14. The molecular weight excluding hydrogens is 280 g/mol. The van der Waals surface area contributed by atoms with E-state index in [9.17, 15) is 13.6 Å². The normalized spacial score (nSPS) is 10.2. The number of esters is 1. The molecular formula is C14H13F2N3O2. The number of anilines is 3. The highest BCUT2D eigenvalue weighted by atomic mass is 19.1. The van der Waals surface area contributed by atoms with Gasteiger partial charge in [-0.2, -0.15) is 0 Å². The minimum atomic E-state index is -0.772. The number of ether oxygens (including phenoxy) is 1. The molecule has 1 heterocycles. The number of halogens is 2. The first-order valence-corrected chi connectivity index (χ1v) is 6.16. The van der Waals surface area contributed by atoms with Crippen molar-refractivity contribution in [1.29, 1.82) is 0 Å². The first-order valence-electron chi connectivity index (χ1n) is 6.16. The van der Waals surface area contributed by atoms with Crippen molar-refractivity contribution >= 4 is 23.2 Å². The third-order valence-electron chi connectivity index (χ3n) is 2.65. The van der Waals surface area contributed by atoms with Gasteiger partial charge in [0, 0.05) is 0 Å². The van der Waals surface area contributed by atoms with Gasteiger partial charge in [0.25, 0.3) is 0 Å². The van der Waals surface area contributed by atoms with Crippen LogP contribution in [0.15, 0.2) is 30.5 Å². The van der Waals surface area contributed by atoms with E-state index in [0.717, 1.165) is 12.1 Å². The van der Waals surface area contributed by atoms with Gasteiger partial charge >= 0.3 is 5.97 Å². The Morgan fingerprint density at radius 1 is 1.38 bits per heavy atom. The number of nitrogens with zero attached hydrogens (tertiary/aromatic N) is 1. The molecule has 2 rings (SSSR count). The minimum absolute atomic E-state index is 0.0751. The lowest BCUT2D eigenvalue weighted by molar-refractivity contribution is 0.0527. The van der Waals surface area contributed by atoms with E-state index in [1.807, 2.05) is 0 Å². The standard InChI is InChI=1S/C14H13F2N3O2/c1-2-21-14(20)8-6-12(18-7-11(8)17)19-13-9(15)4-3-5-10(13)16/h3-7H,2,17H2,1H3,(H,18,19). The van der Waals surface area contributed by atoms with Crippen LogP contribution in [0.2, 0.25) is 0 Å². The molecule has 0 aliphatic carbocycles. The van der Waals surface area contributed by atoms with Gasteiger partial charge in [-0.05, 0) is 25.1 Å². The molecule has 0 atom stereocenters. The lowest BCUT2D eigenvalue weighted by atomic mass is 10.2. The molecule has 2 aromatic rings. The number of carbonyl (C=O) groups is 1. The molecule has 3 N–H and O–H groups in total. The molecule has 0 radical (unpaired) electrons. The van der Waals surface area contributed by atoms with Gasteiger partial charge in [0.05, 0.1) is 24.1 Å². The first-order chi connectivity index (χ1) is 10.0. The number of carbonyl (C=O) groups excluding carboxylic acids is 1. The summed E-state index contributed by atoms with van der Waals surface area (Å²) < 4.78 is 31.9. The summed E-state index contributed by atoms with van der Waals surface area (Å²) in [6, 6.07) is 4.74. The predicted molar refractivity (Wildman–Crippen MR) is 74.2 cm³/mol. The van der Waals surface area contributed by atoms with Gasteiger partial charge in [0.15, 0.2) is 0 Å². The smallest absolute Gasteiger partial charge is 0.340 e. The summed E-state index contributed by atoms with van der Waals surface area (Å²) in [5.74, 6) is -2.09. The average molecular weight is 293 g/mol. The molecule has 7 heteroatoms. The lowest BCUT2D eigenvalue weighted by Crippen LogP contribution is -2.10. The molecule has 0 saturated heterocycles. The average Bonchev–Trinajstić information content (AvgIpc) is 2.45. The van der Waals surface area contributed by atoms with Crippen LogP contribution in [0, 0.1) is 11.6 Å². The Bertz CT molecular complexity index is 657. The van der Waals surface area contributed by atoms with E-state index in [1.54, 1.807) is 6.92 Å². The SMILES string of the molecule is CCOC(=O)c1cc(Nc2c(F)cccc2F)ncc1N. The zero-order valence-corrected chi connectivity index (χ0v) is 11.2. The Kier molecular flexibility index (Phi) is 4.32. The highest BCUT2D eigenvalue weighted by molar-refractivity contribution is 5.95. The van der Waals surface area contributed by atoms with Crippen LogP contribution in [0.5, 0.6) is 0 Å². The number of benzene rings is 1.